The quantitative estimate of drug-likeness (QED) is 0.674. The van der Waals surface area contributed by atoms with Gasteiger partial charge in [0, 0.05) is 53.1 Å². The highest BCUT2D eigenvalue weighted by atomic mass is 19.1. The van der Waals surface area contributed by atoms with Crippen molar-refractivity contribution in [2.75, 3.05) is 52.5 Å². The highest BCUT2D eigenvalue weighted by Crippen LogP contribution is 2.05. The van der Waals surface area contributed by atoms with Gasteiger partial charge in [0.25, 0.3) is 0 Å². The van der Waals surface area contributed by atoms with E-state index in [0.29, 0.717) is 13.2 Å². The molecule has 1 aliphatic rings. The molecule has 1 aromatic rings. The van der Waals surface area contributed by atoms with Crippen molar-refractivity contribution in [3.8, 4) is 0 Å². The number of piperazine rings is 1. The van der Waals surface area contributed by atoms with Crippen molar-refractivity contribution in [1.82, 2.24) is 9.80 Å². The maximum absolute atomic E-state index is 12.6. The zero-order chi connectivity index (χ0) is 20.1. The molecule has 0 radical (unpaired) electrons. The van der Waals surface area contributed by atoms with E-state index >= 15 is 0 Å². The molecular weight excluding hydrogens is 351 g/mol. The molecule has 0 unspecified atom stereocenters. The highest BCUT2D eigenvalue weighted by Gasteiger charge is 2.16. The molecule has 152 valence electrons. The summed E-state index contributed by atoms with van der Waals surface area (Å²) in [7, 11) is 0. The molecule has 0 N–H and O–H groups in total. The number of halogens is 1. The van der Waals surface area contributed by atoms with E-state index in [4.69, 9.17) is 9.47 Å². The Hall–Kier alpha value is -1.99. The number of aryl methyl sites for hydroxylation is 1. The van der Waals surface area contributed by atoms with Gasteiger partial charge in [0.05, 0.1) is 0 Å². The molecule has 1 aliphatic heterocycles. The predicted octanol–water partition coefficient (Wildman–Crippen LogP) is 2.12. The van der Waals surface area contributed by atoms with Gasteiger partial charge in [-0.1, -0.05) is 25.1 Å². The van der Waals surface area contributed by atoms with Crippen LogP contribution in [-0.4, -0.2) is 74.2 Å². The monoisotopic (exact) mass is 382 g/mol. The van der Waals surface area contributed by atoms with Crippen molar-refractivity contribution in [3.05, 3.63) is 35.6 Å². The van der Waals surface area contributed by atoms with Crippen molar-refractivity contribution in [1.29, 1.82) is 0 Å². The zero-order valence-electron chi connectivity index (χ0n) is 16.6. The van der Waals surface area contributed by atoms with Crippen LogP contribution in [0.1, 0.15) is 26.3 Å². The maximum Gasteiger partial charge on any atom is 0.302 e. The van der Waals surface area contributed by atoms with E-state index in [9.17, 15) is 14.0 Å². The Morgan fingerprint density at radius 3 is 1.70 bits per heavy atom. The van der Waals surface area contributed by atoms with Crippen LogP contribution in [0.15, 0.2) is 24.3 Å². The van der Waals surface area contributed by atoms with Crippen molar-refractivity contribution in [2.24, 2.45) is 0 Å². The maximum atomic E-state index is 12.6. The van der Waals surface area contributed by atoms with E-state index in [0.717, 1.165) is 51.3 Å². The highest BCUT2D eigenvalue weighted by molar-refractivity contribution is 5.66. The molecule has 1 saturated heterocycles. The van der Waals surface area contributed by atoms with E-state index in [-0.39, 0.29) is 17.8 Å². The van der Waals surface area contributed by atoms with Crippen LogP contribution in [0, 0.1) is 5.82 Å². The standard InChI is InChI=1S/C12H22N2O4.C8H9F/c1-11(15)17-9-7-13-3-5-14(6-4-13)8-10-18-12(2)16;1-2-7-5-3-4-6-8(7)9/h3-10H2,1-2H3;3-6H,2H2,1H3. The van der Waals surface area contributed by atoms with Crippen LogP contribution < -0.4 is 0 Å². The van der Waals surface area contributed by atoms with Gasteiger partial charge in [0.2, 0.25) is 0 Å². The number of ether oxygens (including phenoxy) is 2. The first kappa shape index (κ1) is 23.0. The third-order valence-corrected chi connectivity index (χ3v) is 4.23. The first-order valence-corrected chi connectivity index (χ1v) is 9.37. The Morgan fingerprint density at radius 2 is 1.37 bits per heavy atom. The van der Waals surface area contributed by atoms with Gasteiger partial charge < -0.3 is 9.47 Å². The topological polar surface area (TPSA) is 59.1 Å². The largest absolute Gasteiger partial charge is 0.465 e. The molecule has 0 bridgehead atoms. The lowest BCUT2D eigenvalue weighted by molar-refractivity contribution is -0.142. The molecule has 0 atom stereocenters. The second kappa shape index (κ2) is 13.2. The Balaban J connectivity index is 0.000000337. The fourth-order valence-electron chi connectivity index (χ4n) is 2.66. The molecule has 1 heterocycles. The number of hydrogen-bond acceptors (Lipinski definition) is 6. The molecule has 6 nitrogen and oxygen atoms in total. The molecule has 0 aromatic heterocycles. The van der Waals surface area contributed by atoms with Gasteiger partial charge in [-0.15, -0.1) is 0 Å². The zero-order valence-corrected chi connectivity index (χ0v) is 16.6. The van der Waals surface area contributed by atoms with Crippen LogP contribution in [0.4, 0.5) is 4.39 Å². The summed E-state index contributed by atoms with van der Waals surface area (Å²) >= 11 is 0. The third kappa shape index (κ3) is 10.7. The SMILES string of the molecule is CC(=O)OCCN1CCN(CCOC(C)=O)CC1.CCc1ccccc1F. The average molecular weight is 382 g/mol. The molecule has 0 aliphatic carbocycles. The summed E-state index contributed by atoms with van der Waals surface area (Å²) in [6, 6.07) is 6.84. The fraction of sp³-hybridized carbons (Fsp3) is 0.600. The van der Waals surface area contributed by atoms with Gasteiger partial charge in [-0.2, -0.15) is 0 Å². The first-order chi connectivity index (χ1) is 12.9. The lowest BCUT2D eigenvalue weighted by atomic mass is 10.2. The summed E-state index contributed by atoms with van der Waals surface area (Å²) in [6.07, 6.45) is 0.771. The summed E-state index contributed by atoms with van der Waals surface area (Å²) in [4.78, 5) is 25.8. The minimum atomic E-state index is -0.227. The minimum absolute atomic E-state index is 0.0972. The number of rotatable bonds is 7. The molecular formula is C20H31FN2O4. The lowest BCUT2D eigenvalue weighted by Crippen LogP contribution is -2.48. The number of esters is 2. The normalized spacial score (nSPS) is 14.8. The number of hydrogen-bond donors (Lipinski definition) is 0. The lowest BCUT2D eigenvalue weighted by Gasteiger charge is -2.34. The average Bonchev–Trinajstić information content (AvgIpc) is 2.63. The van der Waals surface area contributed by atoms with Gasteiger partial charge in [-0.05, 0) is 18.1 Å². The molecule has 0 amide bonds. The summed E-state index contributed by atoms with van der Waals surface area (Å²) in [5.74, 6) is -0.551. The Labute approximate surface area is 161 Å². The van der Waals surface area contributed by atoms with Crippen molar-refractivity contribution in [3.63, 3.8) is 0 Å². The van der Waals surface area contributed by atoms with E-state index < -0.39 is 0 Å². The molecule has 0 saturated carbocycles. The van der Waals surface area contributed by atoms with Crippen LogP contribution in [0.2, 0.25) is 0 Å². The van der Waals surface area contributed by atoms with Gasteiger partial charge in [0.1, 0.15) is 19.0 Å². The van der Waals surface area contributed by atoms with Crippen LogP contribution in [-0.2, 0) is 25.5 Å². The Kier molecular flexibility index (Phi) is 11.3. The predicted molar refractivity (Wildman–Crippen MR) is 102 cm³/mol. The van der Waals surface area contributed by atoms with Crippen LogP contribution in [0.5, 0.6) is 0 Å². The molecule has 7 heteroatoms. The Morgan fingerprint density at radius 1 is 0.926 bits per heavy atom. The fourth-order valence-corrected chi connectivity index (χ4v) is 2.66. The summed E-state index contributed by atoms with van der Waals surface area (Å²) in [5, 5.41) is 0. The van der Waals surface area contributed by atoms with Gasteiger partial charge >= 0.3 is 11.9 Å². The minimum Gasteiger partial charge on any atom is -0.465 e. The molecule has 1 fully saturated rings. The molecule has 1 aromatic carbocycles. The number of nitrogens with zero attached hydrogens (tertiary/aromatic N) is 2. The van der Waals surface area contributed by atoms with Gasteiger partial charge in [-0.3, -0.25) is 19.4 Å². The Bertz CT molecular complexity index is 547. The van der Waals surface area contributed by atoms with Crippen LogP contribution in [0.25, 0.3) is 0 Å². The summed E-state index contributed by atoms with van der Waals surface area (Å²) in [6.45, 7) is 11.1. The van der Waals surface area contributed by atoms with E-state index in [1.807, 2.05) is 13.0 Å². The second-order valence-corrected chi connectivity index (χ2v) is 6.31. The van der Waals surface area contributed by atoms with Crippen LogP contribution in [0.3, 0.4) is 0 Å². The van der Waals surface area contributed by atoms with Crippen molar-refractivity contribution in [2.45, 2.75) is 27.2 Å². The molecule has 2 rings (SSSR count). The number of carbonyl (C=O) groups excluding carboxylic acids is 2. The summed E-state index contributed by atoms with van der Waals surface area (Å²) < 4.78 is 22.4. The first-order valence-electron chi connectivity index (χ1n) is 9.37. The van der Waals surface area contributed by atoms with Crippen molar-refractivity contribution >= 4 is 11.9 Å². The van der Waals surface area contributed by atoms with Gasteiger partial charge in [0.15, 0.2) is 0 Å². The van der Waals surface area contributed by atoms with E-state index in [2.05, 4.69) is 9.80 Å². The van der Waals surface area contributed by atoms with Crippen molar-refractivity contribution < 1.29 is 23.5 Å². The molecule has 27 heavy (non-hydrogen) atoms. The van der Waals surface area contributed by atoms with E-state index in [1.54, 1.807) is 12.1 Å². The second-order valence-electron chi connectivity index (χ2n) is 6.31. The number of benzene rings is 1. The third-order valence-electron chi connectivity index (χ3n) is 4.23. The number of carbonyl (C=O) groups is 2. The summed E-state index contributed by atoms with van der Waals surface area (Å²) in [5.41, 5.74) is 0.789. The van der Waals surface area contributed by atoms with Gasteiger partial charge in [-0.25, -0.2) is 4.39 Å². The smallest absolute Gasteiger partial charge is 0.302 e. The van der Waals surface area contributed by atoms with E-state index in [1.165, 1.54) is 19.9 Å². The van der Waals surface area contributed by atoms with Crippen LogP contribution >= 0.6 is 0 Å². The molecule has 0 spiro atoms.